The summed E-state index contributed by atoms with van der Waals surface area (Å²) in [5.41, 5.74) is 9.40. The number of hydrogen-bond acceptors (Lipinski definition) is 3. The van der Waals surface area contributed by atoms with Crippen LogP contribution in [0.3, 0.4) is 0 Å². The van der Waals surface area contributed by atoms with Crippen LogP contribution in [-0.2, 0) is 6.42 Å². The molecule has 2 rings (SSSR count). The normalized spacial score (nSPS) is 10.1. The van der Waals surface area contributed by atoms with E-state index >= 15 is 0 Å². The van der Waals surface area contributed by atoms with Gasteiger partial charge in [0.15, 0.2) is 0 Å². The van der Waals surface area contributed by atoms with Crippen molar-refractivity contribution in [1.82, 2.24) is 4.98 Å². The summed E-state index contributed by atoms with van der Waals surface area (Å²) in [5.74, 6) is 0. The average molecular weight is 257 g/mol. The predicted octanol–water partition coefficient (Wildman–Crippen LogP) is 3.02. The molecule has 0 unspecified atom stereocenters. The van der Waals surface area contributed by atoms with E-state index in [2.05, 4.69) is 29.4 Å². The highest BCUT2D eigenvalue weighted by Gasteiger charge is 2.06. The summed E-state index contributed by atoms with van der Waals surface area (Å²) in [6, 6.07) is 12.0. The fourth-order valence-corrected chi connectivity index (χ4v) is 1.89. The van der Waals surface area contributed by atoms with Gasteiger partial charge in [0, 0.05) is 11.9 Å². The Hall–Kier alpha value is -1.94. The topological polar surface area (TPSA) is 50.9 Å². The number of benzene rings is 1. The second-order valence-electron chi connectivity index (χ2n) is 3.94. The Morgan fingerprint density at radius 1 is 1.33 bits per heavy atom. The van der Waals surface area contributed by atoms with Crippen molar-refractivity contribution in [3.63, 3.8) is 0 Å². The standard InChI is InChI=1S/C14H15N3S/c1-2-10-5-3-6-11(9-10)17-12-7-4-8-16-13(12)14(15)18/h3-9,17H,2H2,1H3,(H2,15,18). The zero-order valence-corrected chi connectivity index (χ0v) is 11.0. The van der Waals surface area contributed by atoms with E-state index in [1.54, 1.807) is 6.20 Å². The highest BCUT2D eigenvalue weighted by molar-refractivity contribution is 7.80. The lowest BCUT2D eigenvalue weighted by Gasteiger charge is -2.10. The maximum atomic E-state index is 5.65. The van der Waals surface area contributed by atoms with Crippen molar-refractivity contribution in [2.75, 3.05) is 5.32 Å². The average Bonchev–Trinajstić information content (AvgIpc) is 2.39. The van der Waals surface area contributed by atoms with Crippen LogP contribution in [0.5, 0.6) is 0 Å². The van der Waals surface area contributed by atoms with Gasteiger partial charge in [0.1, 0.15) is 10.7 Å². The van der Waals surface area contributed by atoms with Gasteiger partial charge in [0.25, 0.3) is 0 Å². The molecule has 1 heterocycles. The molecule has 0 aliphatic carbocycles. The van der Waals surface area contributed by atoms with E-state index in [0.29, 0.717) is 10.7 Å². The van der Waals surface area contributed by atoms with Crippen molar-refractivity contribution in [3.8, 4) is 0 Å². The van der Waals surface area contributed by atoms with Crippen LogP contribution < -0.4 is 11.1 Å². The molecule has 1 aromatic carbocycles. The van der Waals surface area contributed by atoms with Crippen molar-refractivity contribution >= 4 is 28.6 Å². The molecular formula is C14H15N3S. The Labute approximate surface area is 112 Å². The first kappa shape index (κ1) is 12.5. The minimum absolute atomic E-state index is 0.296. The van der Waals surface area contributed by atoms with Crippen molar-refractivity contribution < 1.29 is 0 Å². The molecule has 4 heteroatoms. The SMILES string of the molecule is CCc1cccc(Nc2cccnc2C(N)=S)c1. The largest absolute Gasteiger partial charge is 0.388 e. The van der Waals surface area contributed by atoms with Gasteiger partial charge in [-0.25, -0.2) is 0 Å². The number of aryl methyl sites for hydroxylation is 1. The van der Waals surface area contributed by atoms with Gasteiger partial charge < -0.3 is 11.1 Å². The van der Waals surface area contributed by atoms with Gasteiger partial charge >= 0.3 is 0 Å². The number of aromatic nitrogens is 1. The Balaban J connectivity index is 2.31. The van der Waals surface area contributed by atoms with Crippen LogP contribution in [0, 0.1) is 0 Å². The van der Waals surface area contributed by atoms with Crippen LogP contribution in [0.1, 0.15) is 18.2 Å². The lowest BCUT2D eigenvalue weighted by molar-refractivity contribution is 1.14. The first-order valence-electron chi connectivity index (χ1n) is 5.81. The molecule has 92 valence electrons. The van der Waals surface area contributed by atoms with Crippen LogP contribution in [0.25, 0.3) is 0 Å². The Morgan fingerprint density at radius 3 is 2.89 bits per heavy atom. The number of hydrogen-bond donors (Lipinski definition) is 2. The van der Waals surface area contributed by atoms with E-state index in [0.717, 1.165) is 17.8 Å². The number of nitrogens with two attached hydrogens (primary N) is 1. The van der Waals surface area contributed by atoms with E-state index in [-0.39, 0.29) is 0 Å². The summed E-state index contributed by atoms with van der Waals surface area (Å²) in [5, 5.41) is 3.30. The fourth-order valence-electron chi connectivity index (χ4n) is 1.73. The minimum Gasteiger partial charge on any atom is -0.388 e. The van der Waals surface area contributed by atoms with Crippen molar-refractivity contribution in [1.29, 1.82) is 0 Å². The summed E-state index contributed by atoms with van der Waals surface area (Å²) in [4.78, 5) is 4.48. The summed E-state index contributed by atoms with van der Waals surface area (Å²) in [7, 11) is 0. The molecule has 2 aromatic rings. The molecule has 1 aromatic heterocycles. The maximum absolute atomic E-state index is 5.65. The third kappa shape index (κ3) is 2.84. The van der Waals surface area contributed by atoms with Gasteiger partial charge in [0.2, 0.25) is 0 Å². The first-order valence-corrected chi connectivity index (χ1v) is 6.22. The zero-order chi connectivity index (χ0) is 13.0. The molecule has 0 amide bonds. The summed E-state index contributed by atoms with van der Waals surface area (Å²) < 4.78 is 0. The number of nitrogens with one attached hydrogen (secondary N) is 1. The molecule has 0 saturated carbocycles. The molecule has 0 fully saturated rings. The smallest absolute Gasteiger partial charge is 0.124 e. The second kappa shape index (κ2) is 5.60. The van der Waals surface area contributed by atoms with Crippen molar-refractivity contribution in [2.24, 2.45) is 5.73 Å². The highest BCUT2D eigenvalue weighted by atomic mass is 32.1. The summed E-state index contributed by atoms with van der Waals surface area (Å²) in [6.07, 6.45) is 2.69. The molecule has 0 saturated heterocycles. The Kier molecular flexibility index (Phi) is 3.89. The third-order valence-corrected chi connectivity index (χ3v) is 2.85. The number of anilines is 2. The predicted molar refractivity (Wildman–Crippen MR) is 79.2 cm³/mol. The van der Waals surface area contributed by atoms with Crippen LogP contribution in [0.4, 0.5) is 11.4 Å². The van der Waals surface area contributed by atoms with Crippen LogP contribution in [0.15, 0.2) is 42.6 Å². The zero-order valence-electron chi connectivity index (χ0n) is 10.2. The molecule has 0 bridgehead atoms. The quantitative estimate of drug-likeness (QED) is 0.827. The van der Waals surface area contributed by atoms with E-state index in [1.165, 1.54) is 5.56 Å². The number of pyridine rings is 1. The van der Waals surface area contributed by atoms with Gasteiger partial charge in [0.05, 0.1) is 5.69 Å². The molecule has 0 atom stereocenters. The Bertz CT molecular complexity index is 566. The first-order chi connectivity index (χ1) is 8.70. The van der Waals surface area contributed by atoms with Crippen molar-refractivity contribution in [2.45, 2.75) is 13.3 Å². The molecule has 18 heavy (non-hydrogen) atoms. The van der Waals surface area contributed by atoms with E-state index < -0.39 is 0 Å². The minimum atomic E-state index is 0.296. The van der Waals surface area contributed by atoms with E-state index in [9.17, 15) is 0 Å². The number of rotatable bonds is 4. The van der Waals surface area contributed by atoms with Gasteiger partial charge in [-0.05, 0) is 36.2 Å². The molecule has 0 radical (unpaired) electrons. The van der Waals surface area contributed by atoms with E-state index in [4.69, 9.17) is 18.0 Å². The van der Waals surface area contributed by atoms with Crippen LogP contribution in [-0.4, -0.2) is 9.97 Å². The van der Waals surface area contributed by atoms with Gasteiger partial charge in [-0.2, -0.15) is 0 Å². The van der Waals surface area contributed by atoms with Crippen LogP contribution in [0.2, 0.25) is 0 Å². The van der Waals surface area contributed by atoms with Gasteiger partial charge in [-0.1, -0.05) is 31.3 Å². The van der Waals surface area contributed by atoms with E-state index in [1.807, 2.05) is 24.3 Å². The lowest BCUT2D eigenvalue weighted by atomic mass is 10.1. The Morgan fingerprint density at radius 2 is 2.17 bits per heavy atom. The van der Waals surface area contributed by atoms with Crippen LogP contribution >= 0.6 is 12.2 Å². The molecule has 0 aliphatic rings. The van der Waals surface area contributed by atoms with Gasteiger partial charge in [-0.3, -0.25) is 4.98 Å². The maximum Gasteiger partial charge on any atom is 0.124 e. The van der Waals surface area contributed by atoms with Crippen molar-refractivity contribution in [3.05, 3.63) is 53.9 Å². The fraction of sp³-hybridized carbons (Fsp3) is 0.143. The monoisotopic (exact) mass is 257 g/mol. The second-order valence-corrected chi connectivity index (χ2v) is 4.38. The molecule has 3 N–H and O–H groups in total. The molecule has 3 nitrogen and oxygen atoms in total. The summed E-state index contributed by atoms with van der Waals surface area (Å²) in [6.45, 7) is 2.13. The number of thiocarbonyl (C=S) groups is 1. The van der Waals surface area contributed by atoms with Gasteiger partial charge in [-0.15, -0.1) is 0 Å². The number of nitrogens with zero attached hydrogens (tertiary/aromatic N) is 1. The third-order valence-electron chi connectivity index (χ3n) is 2.66. The summed E-state index contributed by atoms with van der Waals surface area (Å²) >= 11 is 4.99. The lowest BCUT2D eigenvalue weighted by Crippen LogP contribution is -2.13. The highest BCUT2D eigenvalue weighted by Crippen LogP contribution is 2.20. The molecular weight excluding hydrogens is 242 g/mol. The molecule has 0 aliphatic heterocycles. The molecule has 0 spiro atoms.